The van der Waals surface area contributed by atoms with Crippen molar-refractivity contribution < 1.29 is 34.4 Å². The average molecular weight is 433 g/mol. The van der Waals surface area contributed by atoms with Crippen LogP contribution in [0.25, 0.3) is 0 Å². The van der Waals surface area contributed by atoms with E-state index >= 15 is 0 Å². The third kappa shape index (κ3) is 5.58. The minimum atomic E-state index is -3.02. The summed E-state index contributed by atoms with van der Waals surface area (Å²) in [5, 5.41) is 27.6. The van der Waals surface area contributed by atoms with Gasteiger partial charge in [0.1, 0.15) is 0 Å². The van der Waals surface area contributed by atoms with Crippen LogP contribution in [-0.2, 0) is 19.1 Å². The maximum absolute atomic E-state index is 11.4. The maximum Gasteiger partial charge on any atom is 0.349 e. The number of carbonyl (C=O) groups is 3. The van der Waals surface area contributed by atoms with Crippen molar-refractivity contribution in [3.63, 3.8) is 0 Å². The minimum absolute atomic E-state index is 0.0961. The number of benzene rings is 1. The van der Waals surface area contributed by atoms with E-state index in [0.717, 1.165) is 17.8 Å². The zero-order chi connectivity index (χ0) is 19.0. The Bertz CT molecular complexity index is 660. The van der Waals surface area contributed by atoms with Crippen LogP contribution in [0.3, 0.4) is 0 Å². The highest BCUT2D eigenvalue weighted by molar-refractivity contribution is 9.10. The Morgan fingerprint density at radius 3 is 2.48 bits per heavy atom. The Hall–Kier alpha value is -1.84. The number of aliphatic carboxylic acids is 2. The number of carboxylic acids is 2. The quantitative estimate of drug-likeness (QED) is 0.308. The highest BCUT2D eigenvalue weighted by atomic mass is 79.9. The normalized spacial score (nSPS) is 12.8. The zero-order valence-corrected chi connectivity index (χ0v) is 15.6. The Balaban J connectivity index is 3.10. The average Bonchev–Trinajstić information content (AvgIpc) is 2.54. The van der Waals surface area contributed by atoms with Crippen molar-refractivity contribution >= 4 is 45.6 Å². The highest BCUT2D eigenvalue weighted by Crippen LogP contribution is 2.40. The lowest BCUT2D eigenvalue weighted by Crippen LogP contribution is -2.50. The van der Waals surface area contributed by atoms with Gasteiger partial charge in [-0.2, -0.15) is 0 Å². The topological polar surface area (TPSA) is 121 Å². The summed E-state index contributed by atoms with van der Waals surface area (Å²) in [6, 6.07) is 6.34. The van der Waals surface area contributed by atoms with E-state index in [2.05, 4.69) is 15.9 Å². The molecule has 25 heavy (non-hydrogen) atoms. The molecule has 0 bridgehead atoms. The molecule has 9 heteroatoms. The number of halogens is 1. The molecule has 1 aromatic carbocycles. The first-order valence-electron chi connectivity index (χ1n) is 7.13. The standard InChI is InChI=1S/C16H17BrO7S/c1-2-24-12(18)7-4-8-25-13(10-5-3-6-11(17)9-10)16(23,14(19)20)15(21)22/h3-7,9,13,23H,2,8H2,1H3,(H,19,20)(H,21,22)/b7-4+. The van der Waals surface area contributed by atoms with Gasteiger partial charge in [0.2, 0.25) is 0 Å². The molecule has 0 saturated carbocycles. The van der Waals surface area contributed by atoms with Gasteiger partial charge in [0, 0.05) is 16.3 Å². The first-order chi connectivity index (χ1) is 11.7. The molecule has 1 atom stereocenters. The molecule has 3 N–H and O–H groups in total. The molecular weight excluding hydrogens is 416 g/mol. The molecular formula is C16H17BrO7S. The SMILES string of the molecule is CCOC(=O)/C=C/CSC(c1cccc(Br)c1)C(O)(C(=O)O)C(=O)O. The van der Waals surface area contributed by atoms with Crippen molar-refractivity contribution in [3.8, 4) is 0 Å². The number of thioether (sulfide) groups is 1. The van der Waals surface area contributed by atoms with Crippen LogP contribution in [0.2, 0.25) is 0 Å². The van der Waals surface area contributed by atoms with E-state index in [-0.39, 0.29) is 12.4 Å². The van der Waals surface area contributed by atoms with Crippen LogP contribution in [0.15, 0.2) is 40.9 Å². The van der Waals surface area contributed by atoms with Crippen molar-refractivity contribution in [2.45, 2.75) is 17.8 Å². The van der Waals surface area contributed by atoms with Gasteiger partial charge >= 0.3 is 17.9 Å². The molecule has 0 aliphatic carbocycles. The summed E-state index contributed by atoms with van der Waals surface area (Å²) in [5.74, 6) is -4.20. The Morgan fingerprint density at radius 2 is 1.96 bits per heavy atom. The molecule has 0 heterocycles. The molecule has 0 aliphatic rings. The number of rotatable bonds is 9. The number of hydrogen-bond donors (Lipinski definition) is 3. The smallest absolute Gasteiger partial charge is 0.349 e. The largest absolute Gasteiger partial charge is 0.479 e. The Kier molecular flexibility index (Phi) is 8.14. The van der Waals surface area contributed by atoms with Gasteiger partial charge in [-0.3, -0.25) is 0 Å². The van der Waals surface area contributed by atoms with Gasteiger partial charge in [-0.25, -0.2) is 14.4 Å². The number of esters is 1. The first kappa shape index (κ1) is 21.2. The van der Waals surface area contributed by atoms with Crippen molar-refractivity contribution in [3.05, 3.63) is 46.5 Å². The van der Waals surface area contributed by atoms with E-state index in [1.807, 2.05) is 0 Å². The monoisotopic (exact) mass is 432 g/mol. The summed E-state index contributed by atoms with van der Waals surface area (Å²) in [4.78, 5) is 34.1. The molecule has 0 radical (unpaired) electrons. The molecule has 0 fully saturated rings. The highest BCUT2D eigenvalue weighted by Gasteiger charge is 2.52. The molecule has 0 saturated heterocycles. The van der Waals surface area contributed by atoms with Crippen LogP contribution in [0.1, 0.15) is 17.7 Å². The van der Waals surface area contributed by atoms with Crippen LogP contribution < -0.4 is 0 Å². The van der Waals surface area contributed by atoms with Crippen molar-refractivity contribution in [1.82, 2.24) is 0 Å². The van der Waals surface area contributed by atoms with Gasteiger partial charge in [-0.1, -0.05) is 34.1 Å². The summed E-state index contributed by atoms with van der Waals surface area (Å²) in [7, 11) is 0. The van der Waals surface area contributed by atoms with Crippen LogP contribution in [-0.4, -0.2) is 51.2 Å². The van der Waals surface area contributed by atoms with Crippen molar-refractivity contribution in [2.75, 3.05) is 12.4 Å². The fraction of sp³-hybridized carbons (Fsp3) is 0.312. The van der Waals surface area contributed by atoms with E-state index in [1.165, 1.54) is 18.2 Å². The summed E-state index contributed by atoms with van der Waals surface area (Å²) in [6.07, 6.45) is 2.58. The number of hydrogen-bond acceptors (Lipinski definition) is 6. The van der Waals surface area contributed by atoms with E-state index in [4.69, 9.17) is 4.74 Å². The van der Waals surface area contributed by atoms with E-state index in [9.17, 15) is 29.7 Å². The van der Waals surface area contributed by atoms with E-state index in [1.54, 1.807) is 19.1 Å². The van der Waals surface area contributed by atoms with Gasteiger partial charge in [0.15, 0.2) is 0 Å². The summed E-state index contributed by atoms with van der Waals surface area (Å²) in [5.41, 5.74) is -2.71. The second-order valence-corrected chi connectivity index (χ2v) is 6.85. The molecule has 136 valence electrons. The number of ether oxygens (including phenoxy) is 1. The van der Waals surface area contributed by atoms with Crippen molar-refractivity contribution in [2.24, 2.45) is 0 Å². The van der Waals surface area contributed by atoms with Gasteiger partial charge in [0.05, 0.1) is 11.9 Å². The van der Waals surface area contributed by atoms with Gasteiger partial charge < -0.3 is 20.1 Å². The van der Waals surface area contributed by atoms with E-state index < -0.39 is 28.8 Å². The summed E-state index contributed by atoms with van der Waals surface area (Å²) < 4.78 is 5.32. The summed E-state index contributed by atoms with van der Waals surface area (Å²) in [6.45, 7) is 1.87. The second kappa shape index (κ2) is 9.59. The summed E-state index contributed by atoms with van der Waals surface area (Å²) >= 11 is 4.11. The maximum atomic E-state index is 11.4. The Labute approximate surface area is 156 Å². The van der Waals surface area contributed by atoms with Crippen molar-refractivity contribution in [1.29, 1.82) is 0 Å². The lowest BCUT2D eigenvalue weighted by atomic mass is 9.94. The van der Waals surface area contributed by atoms with Crippen LogP contribution >= 0.6 is 27.7 Å². The van der Waals surface area contributed by atoms with Crippen LogP contribution in [0.5, 0.6) is 0 Å². The lowest BCUT2D eigenvalue weighted by molar-refractivity contribution is -0.176. The molecule has 0 aromatic heterocycles. The molecule has 0 spiro atoms. The molecule has 1 rings (SSSR count). The van der Waals surface area contributed by atoms with Gasteiger partial charge in [-0.15, -0.1) is 11.8 Å². The Morgan fingerprint density at radius 1 is 1.32 bits per heavy atom. The number of carbonyl (C=O) groups excluding carboxylic acids is 1. The predicted octanol–water partition coefficient (Wildman–Crippen LogP) is 2.24. The second-order valence-electron chi connectivity index (χ2n) is 4.80. The molecule has 7 nitrogen and oxygen atoms in total. The molecule has 1 aromatic rings. The lowest BCUT2D eigenvalue weighted by Gasteiger charge is -2.28. The minimum Gasteiger partial charge on any atom is -0.479 e. The third-order valence-electron chi connectivity index (χ3n) is 3.08. The fourth-order valence-corrected chi connectivity index (χ4v) is 3.53. The third-order valence-corrected chi connectivity index (χ3v) is 4.91. The van der Waals surface area contributed by atoms with Crippen LogP contribution in [0, 0.1) is 0 Å². The molecule has 1 unspecified atom stereocenters. The molecule has 0 amide bonds. The van der Waals surface area contributed by atoms with Crippen LogP contribution in [0.4, 0.5) is 0 Å². The number of aliphatic hydroxyl groups is 1. The van der Waals surface area contributed by atoms with Gasteiger partial charge in [-0.05, 0) is 24.6 Å². The molecule has 0 aliphatic heterocycles. The number of carboxylic acid groups (broad SMARTS) is 2. The zero-order valence-electron chi connectivity index (χ0n) is 13.2. The fourth-order valence-electron chi connectivity index (χ4n) is 1.93. The predicted molar refractivity (Wildman–Crippen MR) is 95.3 cm³/mol. The van der Waals surface area contributed by atoms with Gasteiger partial charge in [0.25, 0.3) is 5.60 Å². The van der Waals surface area contributed by atoms with E-state index in [0.29, 0.717) is 10.0 Å². The first-order valence-corrected chi connectivity index (χ1v) is 8.97.